The van der Waals surface area contributed by atoms with Crippen molar-refractivity contribution in [2.24, 2.45) is 4.99 Å². The zero-order valence-corrected chi connectivity index (χ0v) is 20.4. The number of nitrogens with one attached hydrogen (secondary N) is 3. The summed E-state index contributed by atoms with van der Waals surface area (Å²) in [5.41, 5.74) is 1.01. The molecule has 2 aliphatic heterocycles. The first-order chi connectivity index (χ1) is 17.5. The largest absolute Gasteiger partial charge is 0.481 e. The minimum atomic E-state index is -1.08. The van der Waals surface area contributed by atoms with Crippen LogP contribution in [-0.4, -0.2) is 54.3 Å². The Balaban J connectivity index is 1.29. The Morgan fingerprint density at radius 3 is 2.78 bits per heavy atom. The summed E-state index contributed by atoms with van der Waals surface area (Å²) < 4.78 is 11.4. The van der Waals surface area contributed by atoms with Crippen LogP contribution in [0.2, 0.25) is 0 Å². The highest BCUT2D eigenvalue weighted by atomic mass is 32.1. The molecule has 1 aromatic heterocycles. The molecule has 0 aliphatic carbocycles. The summed E-state index contributed by atoms with van der Waals surface area (Å²) in [5.74, 6) is -0.885. The Hall–Kier alpha value is -3.86. The van der Waals surface area contributed by atoms with Crippen LogP contribution in [0.15, 0.2) is 59.5 Å². The highest BCUT2D eigenvalue weighted by Crippen LogP contribution is 2.24. The molecule has 2 aromatic rings. The highest BCUT2D eigenvalue weighted by molar-refractivity contribution is 7.14. The van der Waals surface area contributed by atoms with Crippen LogP contribution in [0.25, 0.3) is 0 Å². The maximum Gasteiger partial charge on any atom is 0.305 e. The summed E-state index contributed by atoms with van der Waals surface area (Å²) in [4.78, 5) is 42.0. The van der Waals surface area contributed by atoms with E-state index in [9.17, 15) is 19.5 Å². The monoisotopic (exact) mass is 512 g/mol. The number of amides is 2. The number of aryl methyl sites for hydroxylation is 1. The topological polar surface area (TPSA) is 138 Å². The molecule has 0 saturated carbocycles. The molecule has 1 unspecified atom stereocenters. The number of hydrogen-bond donors (Lipinski definition) is 4. The number of guanidine groups is 1. The van der Waals surface area contributed by atoms with E-state index in [1.165, 1.54) is 17.6 Å². The number of aliphatic imine (C=N–C) groups is 1. The third kappa shape index (κ3) is 7.32. The van der Waals surface area contributed by atoms with E-state index in [0.717, 1.165) is 23.4 Å². The third-order valence-electron chi connectivity index (χ3n) is 5.52. The number of thiophene rings is 1. The summed E-state index contributed by atoms with van der Waals surface area (Å²) in [7, 11) is 0. The van der Waals surface area contributed by atoms with Crippen molar-refractivity contribution in [1.29, 1.82) is 0 Å². The van der Waals surface area contributed by atoms with Crippen molar-refractivity contribution in [3.8, 4) is 0 Å². The van der Waals surface area contributed by atoms with Gasteiger partial charge in [-0.2, -0.15) is 0 Å². The van der Waals surface area contributed by atoms with Crippen molar-refractivity contribution in [3.63, 3.8) is 0 Å². The maximum absolute atomic E-state index is 12.9. The fourth-order valence-electron chi connectivity index (χ4n) is 3.72. The fraction of sp³-hybridized carbons (Fsp3) is 0.360. The summed E-state index contributed by atoms with van der Waals surface area (Å²) in [6, 6.07) is 12.2. The van der Waals surface area contributed by atoms with Gasteiger partial charge in [0.05, 0.1) is 11.3 Å². The van der Waals surface area contributed by atoms with Gasteiger partial charge in [-0.15, -0.1) is 11.3 Å². The normalized spacial score (nSPS) is 17.5. The van der Waals surface area contributed by atoms with E-state index in [1.54, 1.807) is 12.1 Å². The van der Waals surface area contributed by atoms with Crippen molar-refractivity contribution in [2.45, 2.75) is 44.4 Å². The maximum atomic E-state index is 12.9. The van der Waals surface area contributed by atoms with Crippen molar-refractivity contribution in [1.82, 2.24) is 16.0 Å². The lowest BCUT2D eigenvalue weighted by molar-refractivity contribution is -0.137. The summed E-state index contributed by atoms with van der Waals surface area (Å²) in [5, 5.41) is 17.9. The standard InChI is InChI=1S/C25H28N4O6S/c30-21(29-25-26-11-4-12-27-25)10-8-17-7-9-20(36-17)24(33)28-18(14-22(31)32)19-15-34-23(35-19)13-16-5-2-1-3-6-16/h1-3,5-7,9,15,18,23H,4,8,10-14H2,(H,28,33)(H,31,32)(H2,26,27,29,30)/t18-,23?/m0/s1. The fourth-order valence-corrected chi connectivity index (χ4v) is 4.63. The minimum absolute atomic E-state index is 0.153. The molecule has 2 amide bonds. The Morgan fingerprint density at radius 2 is 2.03 bits per heavy atom. The molecule has 4 rings (SSSR count). The zero-order valence-electron chi connectivity index (χ0n) is 19.6. The predicted molar refractivity (Wildman–Crippen MR) is 133 cm³/mol. The molecule has 11 heteroatoms. The van der Waals surface area contributed by atoms with Crippen molar-refractivity contribution in [3.05, 3.63) is 69.8 Å². The predicted octanol–water partition coefficient (Wildman–Crippen LogP) is 2.18. The average molecular weight is 513 g/mol. The molecule has 0 bridgehead atoms. The number of hydrogen-bond acceptors (Lipinski definition) is 8. The van der Waals surface area contributed by atoms with Gasteiger partial charge in [-0.25, -0.2) is 0 Å². The number of benzene rings is 1. The number of carbonyl (C=O) groups excluding carboxylic acids is 2. The summed E-state index contributed by atoms with van der Waals surface area (Å²) >= 11 is 1.26. The number of carboxylic acids is 1. The molecular weight excluding hydrogens is 484 g/mol. The second-order valence-corrected chi connectivity index (χ2v) is 9.51. The van der Waals surface area contributed by atoms with Crippen molar-refractivity contribution >= 4 is 35.1 Å². The number of nitrogens with zero attached hydrogens (tertiary/aromatic N) is 1. The molecule has 4 N–H and O–H groups in total. The molecule has 0 spiro atoms. The number of ether oxygens (including phenoxy) is 2. The molecule has 0 radical (unpaired) electrons. The Morgan fingerprint density at radius 1 is 1.19 bits per heavy atom. The lowest BCUT2D eigenvalue weighted by atomic mass is 10.1. The van der Waals surface area contributed by atoms with Crippen LogP contribution < -0.4 is 16.0 Å². The first kappa shape index (κ1) is 25.2. The van der Waals surface area contributed by atoms with Gasteiger partial charge < -0.3 is 25.2 Å². The average Bonchev–Trinajstić information content (AvgIpc) is 3.53. The number of aliphatic carboxylic acids is 1. The van der Waals surface area contributed by atoms with Gasteiger partial charge in [-0.3, -0.25) is 24.7 Å². The van der Waals surface area contributed by atoms with Crippen LogP contribution in [0.1, 0.15) is 39.4 Å². The molecule has 36 heavy (non-hydrogen) atoms. The minimum Gasteiger partial charge on any atom is -0.481 e. The molecule has 2 aliphatic rings. The lowest BCUT2D eigenvalue weighted by Gasteiger charge is -2.18. The van der Waals surface area contributed by atoms with E-state index in [2.05, 4.69) is 20.9 Å². The second-order valence-electron chi connectivity index (χ2n) is 8.34. The Kier molecular flexibility index (Phi) is 8.56. The van der Waals surface area contributed by atoms with E-state index in [1.807, 2.05) is 30.3 Å². The van der Waals surface area contributed by atoms with Gasteiger partial charge in [0.1, 0.15) is 12.3 Å². The van der Waals surface area contributed by atoms with E-state index in [-0.39, 0.29) is 24.5 Å². The van der Waals surface area contributed by atoms with Gasteiger partial charge in [0.25, 0.3) is 5.91 Å². The second kappa shape index (κ2) is 12.2. The molecule has 1 aromatic carbocycles. The van der Waals surface area contributed by atoms with E-state index < -0.39 is 24.2 Å². The quantitative estimate of drug-likeness (QED) is 0.383. The molecule has 10 nitrogen and oxygen atoms in total. The van der Waals surface area contributed by atoms with Crippen LogP contribution in [0.4, 0.5) is 0 Å². The van der Waals surface area contributed by atoms with Crippen LogP contribution in [-0.2, 0) is 31.9 Å². The number of carboxylic acid groups (broad SMARTS) is 1. The molecule has 190 valence electrons. The van der Waals surface area contributed by atoms with Gasteiger partial charge >= 0.3 is 5.97 Å². The SMILES string of the molecule is O=C(O)C[C@H](NC(=O)c1ccc(CCC(=O)NC2=NCCCN2)s1)C1=COC(Cc2ccccc2)O1. The summed E-state index contributed by atoms with van der Waals surface area (Å²) in [6.45, 7) is 1.48. The van der Waals surface area contributed by atoms with Crippen LogP contribution >= 0.6 is 11.3 Å². The van der Waals surface area contributed by atoms with Crippen molar-refractivity contribution < 1.29 is 29.0 Å². The van der Waals surface area contributed by atoms with E-state index >= 15 is 0 Å². The lowest BCUT2D eigenvalue weighted by Crippen LogP contribution is -2.43. The van der Waals surface area contributed by atoms with Gasteiger partial charge in [0.2, 0.25) is 12.2 Å². The van der Waals surface area contributed by atoms with Crippen molar-refractivity contribution in [2.75, 3.05) is 13.1 Å². The highest BCUT2D eigenvalue weighted by Gasteiger charge is 2.30. The molecule has 2 atom stereocenters. The molecule has 3 heterocycles. The first-order valence-corrected chi connectivity index (χ1v) is 12.5. The smallest absolute Gasteiger partial charge is 0.305 e. The van der Waals surface area contributed by atoms with Gasteiger partial charge in [-0.05, 0) is 30.5 Å². The third-order valence-corrected chi connectivity index (χ3v) is 6.66. The Bertz CT molecular complexity index is 1150. The summed E-state index contributed by atoms with van der Waals surface area (Å²) in [6.07, 6.45) is 2.58. The van der Waals surface area contributed by atoms with Crippen LogP contribution in [0.5, 0.6) is 0 Å². The van der Waals surface area contributed by atoms with E-state index in [4.69, 9.17) is 9.47 Å². The van der Waals surface area contributed by atoms with E-state index in [0.29, 0.717) is 30.2 Å². The van der Waals surface area contributed by atoms with Crippen LogP contribution in [0.3, 0.4) is 0 Å². The van der Waals surface area contributed by atoms with Gasteiger partial charge in [0, 0.05) is 30.8 Å². The first-order valence-electron chi connectivity index (χ1n) is 11.7. The molecular formula is C25H28N4O6S. The Labute approximate surface area is 212 Å². The van der Waals surface area contributed by atoms with Crippen LogP contribution in [0, 0.1) is 0 Å². The molecule has 0 saturated heterocycles. The number of carbonyl (C=O) groups is 3. The zero-order chi connectivity index (χ0) is 25.3. The van der Waals surface area contributed by atoms with Gasteiger partial charge in [-0.1, -0.05) is 30.3 Å². The molecule has 0 fully saturated rings. The number of rotatable bonds is 10. The van der Waals surface area contributed by atoms with Gasteiger partial charge in [0.15, 0.2) is 11.7 Å².